The molecule has 1 atom stereocenters. The Morgan fingerprint density at radius 2 is 1.65 bits per heavy atom. The number of aromatic nitrogens is 7. The van der Waals surface area contributed by atoms with Gasteiger partial charge in [-0.15, -0.1) is 25.5 Å². The smallest absolute Gasteiger partial charge is 0.415 e. The van der Waals surface area contributed by atoms with Gasteiger partial charge < -0.3 is 14.7 Å². The number of hydrogen-bond donors (Lipinski definition) is 1. The lowest BCUT2D eigenvalue weighted by Gasteiger charge is -2.19. The predicted molar refractivity (Wildman–Crippen MR) is 150 cm³/mol. The summed E-state index contributed by atoms with van der Waals surface area (Å²) in [5.74, 6) is 1.31. The normalized spacial score (nSPS) is 12.0. The summed E-state index contributed by atoms with van der Waals surface area (Å²) >= 11 is 0. The number of aryl methyl sites for hydroxylation is 3. The standard InChI is InChI=1S/C28H25N8O3P/c1-16-3-5-17(6-4-16)27-32-29-24(30-33-27)15-35(2)28(38)39-21-10-12-22-19(14-21)8-7-18-13-20(37)9-11-23(18)26-25(22)31-34-36(26)40/h3-6,9-14,37H,7-8,15,40H2,1-2H3. The van der Waals surface area contributed by atoms with Gasteiger partial charge in [-0.25, -0.2) is 9.25 Å². The maximum absolute atomic E-state index is 12.9. The van der Waals surface area contributed by atoms with Crippen LogP contribution in [0.3, 0.4) is 0 Å². The van der Waals surface area contributed by atoms with Crippen LogP contribution >= 0.6 is 9.39 Å². The molecule has 2 heterocycles. The van der Waals surface area contributed by atoms with E-state index in [9.17, 15) is 9.90 Å². The van der Waals surface area contributed by atoms with Crippen LogP contribution in [0.4, 0.5) is 4.79 Å². The molecule has 2 aromatic heterocycles. The molecule has 0 saturated carbocycles. The van der Waals surface area contributed by atoms with Crippen LogP contribution in [0.2, 0.25) is 0 Å². The number of fused-ring (bicyclic) bond motifs is 5. The molecule has 0 saturated heterocycles. The van der Waals surface area contributed by atoms with Gasteiger partial charge in [0.2, 0.25) is 5.82 Å². The molecule has 12 heteroatoms. The van der Waals surface area contributed by atoms with Crippen molar-refractivity contribution in [2.24, 2.45) is 0 Å². The highest BCUT2D eigenvalue weighted by molar-refractivity contribution is 7.14. The third-order valence-corrected chi connectivity index (χ3v) is 7.12. The van der Waals surface area contributed by atoms with Crippen molar-refractivity contribution in [1.82, 2.24) is 40.1 Å². The van der Waals surface area contributed by atoms with Crippen LogP contribution in [-0.2, 0) is 19.4 Å². The number of hydrogen-bond acceptors (Lipinski definition) is 9. The number of carbonyl (C=O) groups excluding carboxylic acids is 1. The SMILES string of the molecule is Cc1ccc(-c2nnc(CN(C)C(=O)Oc3ccc4c(c3)CCc3cc(O)ccc3-c3c-4nnn3P)nn2)cc1. The van der Waals surface area contributed by atoms with Crippen LogP contribution in [0.25, 0.3) is 33.9 Å². The van der Waals surface area contributed by atoms with Gasteiger partial charge in [-0.1, -0.05) is 35.0 Å². The maximum Gasteiger partial charge on any atom is 0.415 e. The lowest BCUT2D eigenvalue weighted by atomic mass is 9.89. The van der Waals surface area contributed by atoms with Gasteiger partial charge in [-0.05, 0) is 76.7 Å². The highest BCUT2D eigenvalue weighted by atomic mass is 31.0. The van der Waals surface area contributed by atoms with Crippen LogP contribution < -0.4 is 4.74 Å². The van der Waals surface area contributed by atoms with E-state index < -0.39 is 6.09 Å². The second-order valence-corrected chi connectivity index (χ2v) is 10.1. The average molecular weight is 553 g/mol. The molecule has 11 nitrogen and oxygen atoms in total. The molecule has 0 bridgehead atoms. The van der Waals surface area contributed by atoms with Crippen LogP contribution in [0.5, 0.6) is 11.5 Å². The zero-order valence-electron chi connectivity index (χ0n) is 21.8. The Morgan fingerprint density at radius 3 is 2.40 bits per heavy atom. The number of amides is 1. The van der Waals surface area contributed by atoms with Gasteiger partial charge in [0, 0.05) is 23.7 Å². The van der Waals surface area contributed by atoms with E-state index in [0.29, 0.717) is 30.2 Å². The zero-order chi connectivity index (χ0) is 27.8. The number of benzene rings is 3. The lowest BCUT2D eigenvalue weighted by Crippen LogP contribution is -2.30. The third kappa shape index (κ3) is 4.99. The minimum atomic E-state index is -0.566. The van der Waals surface area contributed by atoms with Crippen LogP contribution in [-0.4, -0.2) is 58.3 Å². The Balaban J connectivity index is 1.19. The van der Waals surface area contributed by atoms with E-state index in [4.69, 9.17) is 4.74 Å². The van der Waals surface area contributed by atoms with Crippen molar-refractivity contribution in [3.05, 3.63) is 83.2 Å². The van der Waals surface area contributed by atoms with Crippen molar-refractivity contribution >= 4 is 15.5 Å². The molecule has 1 N–H and O–H groups in total. The Kier molecular flexibility index (Phi) is 6.65. The minimum Gasteiger partial charge on any atom is -0.508 e. The Morgan fingerprint density at radius 1 is 0.950 bits per heavy atom. The molecule has 0 fully saturated rings. The topological polar surface area (TPSA) is 132 Å². The summed E-state index contributed by atoms with van der Waals surface area (Å²) in [7, 11) is 4.16. The molecular weight excluding hydrogens is 527 g/mol. The molecule has 1 aliphatic rings. The summed E-state index contributed by atoms with van der Waals surface area (Å²) in [5.41, 5.74) is 7.32. The summed E-state index contributed by atoms with van der Waals surface area (Å²) in [5, 5.41) is 35.2. The van der Waals surface area contributed by atoms with Crippen molar-refractivity contribution in [3.8, 4) is 45.4 Å². The molecule has 0 radical (unpaired) electrons. The number of rotatable bonds is 4. The number of carbonyl (C=O) groups is 1. The summed E-state index contributed by atoms with van der Waals surface area (Å²) in [6, 6.07) is 18.5. The molecule has 40 heavy (non-hydrogen) atoms. The molecule has 1 aliphatic carbocycles. The van der Waals surface area contributed by atoms with E-state index in [1.165, 1.54) is 4.90 Å². The minimum absolute atomic E-state index is 0.0822. The van der Waals surface area contributed by atoms with E-state index in [0.717, 1.165) is 44.8 Å². The first-order chi connectivity index (χ1) is 19.4. The van der Waals surface area contributed by atoms with E-state index in [2.05, 4.69) is 40.1 Å². The van der Waals surface area contributed by atoms with Gasteiger partial charge in [0.15, 0.2) is 5.82 Å². The third-order valence-electron chi connectivity index (χ3n) is 6.76. The van der Waals surface area contributed by atoms with E-state index in [1.54, 1.807) is 29.7 Å². The van der Waals surface area contributed by atoms with E-state index in [-0.39, 0.29) is 12.3 Å². The number of aromatic hydroxyl groups is 1. The Bertz CT molecular complexity index is 1720. The first kappa shape index (κ1) is 25.5. The fourth-order valence-electron chi connectivity index (χ4n) is 4.67. The highest BCUT2D eigenvalue weighted by Crippen LogP contribution is 2.40. The van der Waals surface area contributed by atoms with Crippen molar-refractivity contribution in [1.29, 1.82) is 0 Å². The van der Waals surface area contributed by atoms with E-state index >= 15 is 0 Å². The Hall–Kier alpha value is -4.76. The number of phenolic OH excluding ortho intramolecular Hbond substituents is 1. The largest absolute Gasteiger partial charge is 0.508 e. The number of phenols is 1. The number of ether oxygens (including phenoxy) is 1. The van der Waals surface area contributed by atoms with Crippen molar-refractivity contribution in [3.63, 3.8) is 0 Å². The average Bonchev–Trinajstić information content (AvgIpc) is 3.32. The zero-order valence-corrected chi connectivity index (χ0v) is 23.0. The molecule has 200 valence electrons. The van der Waals surface area contributed by atoms with Crippen molar-refractivity contribution in [2.45, 2.75) is 26.3 Å². The first-order valence-corrected chi connectivity index (χ1v) is 13.1. The fraction of sp³-hybridized carbons (Fsp3) is 0.179. The predicted octanol–water partition coefficient (Wildman–Crippen LogP) is 4.24. The lowest BCUT2D eigenvalue weighted by molar-refractivity contribution is 0.159. The van der Waals surface area contributed by atoms with Gasteiger partial charge in [-0.3, -0.25) is 0 Å². The second kappa shape index (κ2) is 10.4. The van der Waals surface area contributed by atoms with Crippen molar-refractivity contribution < 1.29 is 14.6 Å². The molecule has 6 rings (SSSR count). The molecule has 5 aromatic rings. The van der Waals surface area contributed by atoms with Gasteiger partial charge in [0.1, 0.15) is 22.9 Å². The maximum atomic E-state index is 12.9. The summed E-state index contributed by atoms with van der Waals surface area (Å²) in [6.45, 7) is 2.09. The number of nitrogens with zero attached hydrogens (tertiary/aromatic N) is 8. The summed E-state index contributed by atoms with van der Waals surface area (Å²) in [6.07, 6.45) is 0.775. The first-order valence-electron chi connectivity index (χ1n) is 12.6. The molecular formula is C28H25N8O3P. The van der Waals surface area contributed by atoms with Crippen molar-refractivity contribution in [2.75, 3.05) is 7.05 Å². The van der Waals surface area contributed by atoms with Crippen LogP contribution in [0.15, 0.2) is 60.7 Å². The van der Waals surface area contributed by atoms with E-state index in [1.807, 2.05) is 49.4 Å². The monoisotopic (exact) mass is 552 g/mol. The summed E-state index contributed by atoms with van der Waals surface area (Å²) < 4.78 is 7.33. The second-order valence-electron chi connectivity index (χ2n) is 9.62. The molecule has 3 aromatic carbocycles. The fourth-order valence-corrected chi connectivity index (χ4v) is 4.98. The molecule has 1 amide bonds. The van der Waals surface area contributed by atoms with Gasteiger partial charge in [0.05, 0.1) is 6.54 Å². The van der Waals surface area contributed by atoms with Gasteiger partial charge in [-0.2, -0.15) is 0 Å². The molecule has 1 unspecified atom stereocenters. The Labute approximate surface area is 232 Å². The molecule has 0 spiro atoms. The van der Waals surface area contributed by atoms with Gasteiger partial charge in [0.25, 0.3) is 0 Å². The van der Waals surface area contributed by atoms with Gasteiger partial charge >= 0.3 is 6.09 Å². The quantitative estimate of drug-likeness (QED) is 0.325. The highest BCUT2D eigenvalue weighted by Gasteiger charge is 2.24. The summed E-state index contributed by atoms with van der Waals surface area (Å²) in [4.78, 5) is 14.2. The molecule has 0 aliphatic heterocycles. The van der Waals surface area contributed by atoms with Crippen LogP contribution in [0, 0.1) is 6.92 Å². The van der Waals surface area contributed by atoms with Crippen LogP contribution in [0.1, 0.15) is 22.5 Å².